The van der Waals surface area contributed by atoms with Crippen LogP contribution < -0.4 is 18.3 Å². The number of carbonyl (C=O) groups excluding carboxylic acids is 2. The number of rotatable bonds is 28. The molecule has 2 aliphatic carbocycles. The third-order valence-corrected chi connectivity index (χ3v) is 25.4. The van der Waals surface area contributed by atoms with Gasteiger partial charge in [-0.3, -0.25) is 0 Å². The average molecular weight is 1030 g/mol. The maximum atomic E-state index is 14.1. The van der Waals surface area contributed by atoms with E-state index in [0.29, 0.717) is 36.5 Å². The number of benzene rings is 3. The van der Waals surface area contributed by atoms with E-state index in [2.05, 4.69) is 130 Å². The smallest absolute Gasteiger partial charge is 0.342 e. The molecular formula is C62H98O8Si2. The van der Waals surface area contributed by atoms with Crippen LogP contribution in [0.15, 0.2) is 60.7 Å². The molecule has 0 saturated heterocycles. The third kappa shape index (κ3) is 18.3. The molecule has 0 spiro atoms. The van der Waals surface area contributed by atoms with Crippen molar-refractivity contribution in [2.45, 2.75) is 232 Å². The highest BCUT2D eigenvalue weighted by Gasteiger charge is 2.42. The van der Waals surface area contributed by atoms with Gasteiger partial charge < -0.3 is 27.8 Å². The second-order valence-corrected chi connectivity index (χ2v) is 34.0. The first kappa shape index (κ1) is 59.1. The van der Waals surface area contributed by atoms with Gasteiger partial charge in [0.25, 0.3) is 16.6 Å². The van der Waals surface area contributed by atoms with Gasteiger partial charge in [-0.25, -0.2) is 9.59 Å². The van der Waals surface area contributed by atoms with Crippen molar-refractivity contribution < 1.29 is 37.4 Å². The molecule has 0 amide bonds. The molecule has 0 radical (unpaired) electrons. The van der Waals surface area contributed by atoms with Crippen molar-refractivity contribution in [3.05, 3.63) is 82.9 Å². The summed E-state index contributed by atoms with van der Waals surface area (Å²) in [7, 11) is -4.94. The van der Waals surface area contributed by atoms with Gasteiger partial charge >= 0.3 is 11.9 Å². The summed E-state index contributed by atoms with van der Waals surface area (Å²) in [5.74, 6) is 4.78. The lowest BCUT2D eigenvalue weighted by molar-refractivity contribution is 0.0478. The van der Waals surface area contributed by atoms with E-state index in [1.165, 1.54) is 88.2 Å². The Labute approximate surface area is 440 Å². The molecule has 2 aliphatic rings. The zero-order valence-corrected chi connectivity index (χ0v) is 49.3. The van der Waals surface area contributed by atoms with Crippen molar-refractivity contribution >= 4 is 28.6 Å². The molecule has 0 unspecified atom stereocenters. The van der Waals surface area contributed by atoms with Crippen molar-refractivity contribution in [1.29, 1.82) is 0 Å². The minimum absolute atomic E-state index is 0.159. The van der Waals surface area contributed by atoms with Crippen LogP contribution in [0.3, 0.4) is 0 Å². The minimum atomic E-state index is -2.47. The number of carbonyl (C=O) groups is 2. The van der Waals surface area contributed by atoms with E-state index in [4.69, 9.17) is 27.8 Å². The van der Waals surface area contributed by atoms with E-state index in [9.17, 15) is 9.59 Å². The van der Waals surface area contributed by atoms with Gasteiger partial charge in [-0.1, -0.05) is 105 Å². The predicted molar refractivity (Wildman–Crippen MR) is 303 cm³/mol. The Morgan fingerprint density at radius 2 is 0.792 bits per heavy atom. The van der Waals surface area contributed by atoms with Crippen molar-refractivity contribution in [1.82, 2.24) is 0 Å². The molecule has 0 atom stereocenters. The Morgan fingerprint density at radius 1 is 0.472 bits per heavy atom. The van der Waals surface area contributed by atoms with Gasteiger partial charge in [-0.15, -0.1) is 0 Å². The summed E-state index contributed by atoms with van der Waals surface area (Å²) in [4.78, 5) is 28.2. The molecule has 402 valence electrons. The zero-order chi connectivity index (χ0) is 52.4. The Hall–Kier alpha value is -3.77. The quantitative estimate of drug-likeness (QED) is 0.0404. The second kappa shape index (κ2) is 28.2. The summed E-state index contributed by atoms with van der Waals surface area (Å²) < 4.78 is 37.8. The van der Waals surface area contributed by atoms with Crippen molar-refractivity contribution in [3.8, 4) is 23.0 Å². The molecule has 8 nitrogen and oxygen atoms in total. The van der Waals surface area contributed by atoms with Crippen LogP contribution >= 0.6 is 0 Å². The monoisotopic (exact) mass is 1030 g/mol. The summed E-state index contributed by atoms with van der Waals surface area (Å²) in [6.07, 6.45) is 23.1. The fourth-order valence-electron chi connectivity index (χ4n) is 9.94. The van der Waals surface area contributed by atoms with Crippen LogP contribution in [-0.4, -0.2) is 55.0 Å². The lowest BCUT2D eigenvalue weighted by atomic mass is 9.77. The number of unbranched alkanes of at least 4 members (excludes halogenated alkanes) is 6. The first-order valence-electron chi connectivity index (χ1n) is 28.6. The third-order valence-electron chi connectivity index (χ3n) is 16.7. The number of ether oxygens (including phenoxy) is 4. The molecule has 2 saturated carbocycles. The molecule has 3 aromatic carbocycles. The number of hydrogen-bond donors (Lipinski definition) is 0. The average Bonchev–Trinajstić information content (AvgIpc) is 3.33. The zero-order valence-electron chi connectivity index (χ0n) is 47.3. The van der Waals surface area contributed by atoms with Gasteiger partial charge in [-0.2, -0.15) is 0 Å². The van der Waals surface area contributed by atoms with Crippen LogP contribution in [0.5, 0.6) is 23.0 Å². The summed E-state index contributed by atoms with van der Waals surface area (Å²) in [5.41, 5.74) is 3.45. The molecule has 5 rings (SSSR count). The Bertz CT molecular complexity index is 1920. The topological polar surface area (TPSA) is 89.5 Å². The van der Waals surface area contributed by atoms with Crippen LogP contribution in [0, 0.1) is 11.8 Å². The molecule has 10 heteroatoms. The van der Waals surface area contributed by atoms with Crippen LogP contribution in [0.1, 0.15) is 227 Å². The van der Waals surface area contributed by atoms with Gasteiger partial charge in [0.1, 0.15) is 34.1 Å². The molecule has 2 fully saturated rings. The van der Waals surface area contributed by atoms with Gasteiger partial charge in [0.05, 0.1) is 26.4 Å². The SMILES string of the molecule is CCC[C@H]1CC[C@H](c2ccc(OCCCCCCOC(=O)c3cc(O[Si](C)(C)C(C)(C)C)c(C(=O)OCCCCCCOc4ccc([C@H]5CC[C@H](CCC)CC5)cc4)cc3O[Si](C)(C)C(C)(C)C)cc2)CC1. The highest BCUT2D eigenvalue weighted by molar-refractivity contribution is 6.75. The summed E-state index contributed by atoms with van der Waals surface area (Å²) in [6, 6.07) is 20.9. The minimum Gasteiger partial charge on any atom is -0.543 e. The molecule has 72 heavy (non-hydrogen) atoms. The van der Waals surface area contributed by atoms with E-state index in [-0.39, 0.29) is 34.4 Å². The standard InChI is InChI=1S/C62H98O8Si2/c1-13-23-47-25-29-49(30-26-47)51-33-37-53(38-34-51)65-41-19-15-17-21-43-67-59(63)55-45-58(70-72(11,12)62(6,7)8)56(46-57(55)69-71(9,10)61(3,4)5)60(64)68-44-22-18-16-20-42-66-54-39-35-52(36-40-54)50-31-27-48(24-14-2)28-32-50/h33-40,45-50H,13-32,41-44H2,1-12H3/t47-,48-,49-,50-. The van der Waals surface area contributed by atoms with Crippen molar-refractivity contribution in [3.63, 3.8) is 0 Å². The van der Waals surface area contributed by atoms with Gasteiger partial charge in [-0.05, 0) is 210 Å². The fraction of sp³-hybridized carbons (Fsp3) is 0.677. The van der Waals surface area contributed by atoms with Crippen molar-refractivity contribution in [2.24, 2.45) is 11.8 Å². The highest BCUT2D eigenvalue weighted by Crippen LogP contribution is 2.44. The predicted octanol–water partition coefficient (Wildman–Crippen LogP) is 18.2. The summed E-state index contributed by atoms with van der Waals surface area (Å²) in [6.45, 7) is 28.0. The molecule has 3 aromatic rings. The van der Waals surface area contributed by atoms with Crippen molar-refractivity contribution in [2.75, 3.05) is 26.4 Å². The molecule has 0 bridgehead atoms. The summed E-state index contributed by atoms with van der Waals surface area (Å²) >= 11 is 0. The van der Waals surface area contributed by atoms with E-state index in [0.717, 1.165) is 74.7 Å². The molecule has 0 heterocycles. The molecule has 0 aromatic heterocycles. The van der Waals surface area contributed by atoms with E-state index >= 15 is 0 Å². The Kier molecular flexibility index (Phi) is 23.2. The number of esters is 2. The van der Waals surface area contributed by atoms with Crippen LogP contribution in [0.25, 0.3) is 0 Å². The fourth-order valence-corrected chi connectivity index (χ4v) is 12.0. The maximum Gasteiger partial charge on any atom is 0.342 e. The first-order valence-corrected chi connectivity index (χ1v) is 34.4. The van der Waals surface area contributed by atoms with Gasteiger partial charge in [0, 0.05) is 0 Å². The Balaban J connectivity index is 1.11. The van der Waals surface area contributed by atoms with Crippen LogP contribution in [0.4, 0.5) is 0 Å². The van der Waals surface area contributed by atoms with E-state index in [1.807, 2.05) is 0 Å². The normalized spacial score (nSPS) is 18.8. The first-order chi connectivity index (χ1) is 34.2. The largest absolute Gasteiger partial charge is 0.543 e. The molecular weight excluding hydrogens is 929 g/mol. The van der Waals surface area contributed by atoms with Gasteiger partial charge in [0.15, 0.2) is 0 Å². The van der Waals surface area contributed by atoms with Gasteiger partial charge in [0.2, 0.25) is 0 Å². The maximum absolute atomic E-state index is 14.1. The van der Waals surface area contributed by atoms with Crippen LogP contribution in [0.2, 0.25) is 36.3 Å². The Morgan fingerprint density at radius 3 is 1.10 bits per heavy atom. The molecule has 0 aliphatic heterocycles. The van der Waals surface area contributed by atoms with E-state index in [1.54, 1.807) is 12.1 Å². The van der Waals surface area contributed by atoms with Crippen LogP contribution in [-0.2, 0) is 9.47 Å². The summed E-state index contributed by atoms with van der Waals surface area (Å²) in [5, 5.41) is -0.317. The number of hydrogen-bond acceptors (Lipinski definition) is 8. The highest BCUT2D eigenvalue weighted by atomic mass is 28.4. The molecule has 0 N–H and O–H groups in total. The lowest BCUT2D eigenvalue weighted by Crippen LogP contribution is -2.45. The second-order valence-electron chi connectivity index (χ2n) is 24.5. The lowest BCUT2D eigenvalue weighted by Gasteiger charge is -2.38. The van der Waals surface area contributed by atoms with E-state index < -0.39 is 28.6 Å².